The molecule has 1 aromatic carbocycles. The molecule has 1 saturated heterocycles. The second-order valence-electron chi connectivity index (χ2n) is 6.33. The number of nitrogens with zero attached hydrogens (tertiary/aromatic N) is 2. The Morgan fingerprint density at radius 2 is 2.05 bits per heavy atom. The van der Waals surface area contributed by atoms with E-state index in [-0.39, 0.29) is 5.92 Å². The molecule has 1 aliphatic heterocycles. The van der Waals surface area contributed by atoms with Crippen molar-refractivity contribution in [1.82, 2.24) is 4.90 Å². The topological polar surface area (TPSA) is 53.0 Å². The number of fused-ring (bicyclic) bond motifs is 1. The van der Waals surface area contributed by atoms with Crippen molar-refractivity contribution in [3.63, 3.8) is 0 Å². The van der Waals surface area contributed by atoms with Crippen LogP contribution in [0.3, 0.4) is 0 Å². The lowest BCUT2D eigenvalue weighted by atomic mass is 9.78. The first-order valence-corrected chi connectivity index (χ1v) is 7.70. The van der Waals surface area contributed by atoms with Crippen LogP contribution in [0.15, 0.2) is 30.3 Å². The summed E-state index contributed by atoms with van der Waals surface area (Å²) in [5.41, 5.74) is 7.40. The van der Waals surface area contributed by atoms with Gasteiger partial charge >= 0.3 is 0 Å². The summed E-state index contributed by atoms with van der Waals surface area (Å²) in [5.74, 6) is 1.39. The fraction of sp³-hybridized carbons (Fsp3) is 0.588. The Hall–Kier alpha value is -1.37. The zero-order valence-electron chi connectivity index (χ0n) is 11.9. The van der Waals surface area contributed by atoms with Crippen molar-refractivity contribution in [3.8, 4) is 6.07 Å². The predicted octanol–water partition coefficient (Wildman–Crippen LogP) is 2.35. The molecule has 2 aliphatic rings. The first-order chi connectivity index (χ1) is 9.78. The van der Waals surface area contributed by atoms with Gasteiger partial charge in [-0.2, -0.15) is 5.26 Å². The molecule has 1 saturated carbocycles. The van der Waals surface area contributed by atoms with Gasteiger partial charge in [-0.3, -0.25) is 0 Å². The summed E-state index contributed by atoms with van der Waals surface area (Å²) in [6.45, 7) is 3.06. The molecule has 0 spiro atoms. The number of nitrogens with two attached hydrogens (primary N) is 1. The SMILES string of the molecule is N#CC(CN1CC2CCCC(N)C2C1)c1ccccc1. The van der Waals surface area contributed by atoms with Crippen LogP contribution < -0.4 is 5.73 Å². The second kappa shape index (κ2) is 5.95. The molecule has 20 heavy (non-hydrogen) atoms. The molecule has 3 nitrogen and oxygen atoms in total. The van der Waals surface area contributed by atoms with E-state index >= 15 is 0 Å². The molecule has 1 heterocycles. The summed E-state index contributed by atoms with van der Waals surface area (Å²) >= 11 is 0. The maximum absolute atomic E-state index is 9.45. The number of likely N-dealkylation sites (tertiary alicyclic amines) is 1. The smallest absolute Gasteiger partial charge is 0.0839 e. The largest absolute Gasteiger partial charge is 0.327 e. The van der Waals surface area contributed by atoms with Crippen molar-refractivity contribution in [1.29, 1.82) is 5.26 Å². The summed E-state index contributed by atoms with van der Waals surface area (Å²) in [6, 6.07) is 13.0. The van der Waals surface area contributed by atoms with Gasteiger partial charge in [0.15, 0.2) is 0 Å². The van der Waals surface area contributed by atoms with E-state index in [0.717, 1.165) is 31.1 Å². The molecule has 106 valence electrons. The Labute approximate surface area is 121 Å². The molecule has 4 unspecified atom stereocenters. The molecular weight excluding hydrogens is 246 g/mol. The number of hydrogen-bond donors (Lipinski definition) is 1. The normalized spacial score (nSPS) is 31.5. The Morgan fingerprint density at radius 3 is 2.75 bits per heavy atom. The third-order valence-electron chi connectivity index (χ3n) is 5.03. The fourth-order valence-corrected chi connectivity index (χ4v) is 3.92. The molecule has 3 rings (SSSR count). The first kappa shape index (κ1) is 13.6. The highest BCUT2D eigenvalue weighted by molar-refractivity contribution is 5.25. The van der Waals surface area contributed by atoms with Gasteiger partial charge in [-0.05, 0) is 30.2 Å². The van der Waals surface area contributed by atoms with Gasteiger partial charge in [0.2, 0.25) is 0 Å². The minimum atomic E-state index is -0.0208. The van der Waals surface area contributed by atoms with Gasteiger partial charge in [-0.25, -0.2) is 0 Å². The molecule has 3 heteroatoms. The monoisotopic (exact) mass is 269 g/mol. The lowest BCUT2D eigenvalue weighted by Crippen LogP contribution is -2.38. The highest BCUT2D eigenvalue weighted by Crippen LogP contribution is 2.36. The lowest BCUT2D eigenvalue weighted by molar-refractivity contribution is 0.259. The highest BCUT2D eigenvalue weighted by Gasteiger charge is 2.39. The van der Waals surface area contributed by atoms with Crippen molar-refractivity contribution < 1.29 is 0 Å². The van der Waals surface area contributed by atoms with E-state index in [1.165, 1.54) is 19.3 Å². The molecule has 0 radical (unpaired) electrons. The van der Waals surface area contributed by atoms with Gasteiger partial charge < -0.3 is 10.6 Å². The van der Waals surface area contributed by atoms with E-state index < -0.39 is 0 Å². The molecule has 0 aromatic heterocycles. The van der Waals surface area contributed by atoms with Crippen molar-refractivity contribution in [2.45, 2.75) is 31.2 Å². The average Bonchev–Trinajstić information content (AvgIpc) is 2.90. The number of benzene rings is 1. The van der Waals surface area contributed by atoms with Crippen LogP contribution in [0, 0.1) is 23.2 Å². The standard InChI is InChI=1S/C17H23N3/c18-9-15(13-5-2-1-3-6-13)11-20-10-14-7-4-8-17(19)16(14)12-20/h1-3,5-6,14-17H,4,7-8,10-12,19H2. The Bertz CT molecular complexity index is 479. The van der Waals surface area contributed by atoms with Gasteiger partial charge in [0.05, 0.1) is 12.0 Å². The third-order valence-corrected chi connectivity index (χ3v) is 5.03. The van der Waals surface area contributed by atoms with Crippen LogP contribution in [0.2, 0.25) is 0 Å². The van der Waals surface area contributed by atoms with Crippen LogP contribution in [0.4, 0.5) is 0 Å². The van der Waals surface area contributed by atoms with Crippen molar-refractivity contribution in [2.75, 3.05) is 19.6 Å². The summed E-state index contributed by atoms with van der Waals surface area (Å²) < 4.78 is 0. The van der Waals surface area contributed by atoms with Crippen LogP contribution in [0.1, 0.15) is 30.7 Å². The lowest BCUT2D eigenvalue weighted by Gasteiger charge is -2.29. The zero-order chi connectivity index (χ0) is 13.9. The van der Waals surface area contributed by atoms with E-state index in [4.69, 9.17) is 5.73 Å². The maximum atomic E-state index is 9.45. The van der Waals surface area contributed by atoms with Crippen molar-refractivity contribution in [2.24, 2.45) is 17.6 Å². The molecule has 1 aromatic rings. The summed E-state index contributed by atoms with van der Waals surface area (Å²) in [4.78, 5) is 2.46. The molecule has 0 bridgehead atoms. The van der Waals surface area contributed by atoms with Gasteiger partial charge in [0.1, 0.15) is 0 Å². The van der Waals surface area contributed by atoms with Gasteiger partial charge in [0, 0.05) is 25.7 Å². The molecular formula is C17H23N3. The zero-order valence-corrected chi connectivity index (χ0v) is 11.9. The van der Waals surface area contributed by atoms with Gasteiger partial charge in [-0.1, -0.05) is 36.8 Å². The average molecular weight is 269 g/mol. The van der Waals surface area contributed by atoms with E-state index in [9.17, 15) is 5.26 Å². The van der Waals surface area contributed by atoms with Crippen LogP contribution in [0.5, 0.6) is 0 Å². The quantitative estimate of drug-likeness (QED) is 0.916. The molecule has 1 aliphatic carbocycles. The summed E-state index contributed by atoms with van der Waals surface area (Å²) in [7, 11) is 0. The fourth-order valence-electron chi connectivity index (χ4n) is 3.92. The number of rotatable bonds is 3. The molecule has 4 atom stereocenters. The molecule has 0 amide bonds. The number of nitriles is 1. The highest BCUT2D eigenvalue weighted by atomic mass is 15.2. The Balaban J connectivity index is 1.65. The van der Waals surface area contributed by atoms with E-state index in [0.29, 0.717) is 12.0 Å². The van der Waals surface area contributed by atoms with E-state index in [1.54, 1.807) is 0 Å². The van der Waals surface area contributed by atoms with Crippen LogP contribution >= 0.6 is 0 Å². The predicted molar refractivity (Wildman–Crippen MR) is 80.0 cm³/mol. The Morgan fingerprint density at radius 1 is 1.25 bits per heavy atom. The molecule has 2 N–H and O–H groups in total. The summed E-state index contributed by atoms with van der Waals surface area (Å²) in [6.07, 6.45) is 3.77. The van der Waals surface area contributed by atoms with Crippen LogP contribution in [-0.4, -0.2) is 30.6 Å². The first-order valence-electron chi connectivity index (χ1n) is 7.70. The summed E-state index contributed by atoms with van der Waals surface area (Å²) in [5, 5.41) is 9.45. The molecule has 2 fully saturated rings. The van der Waals surface area contributed by atoms with Crippen LogP contribution in [0.25, 0.3) is 0 Å². The van der Waals surface area contributed by atoms with Crippen molar-refractivity contribution in [3.05, 3.63) is 35.9 Å². The van der Waals surface area contributed by atoms with Crippen LogP contribution in [-0.2, 0) is 0 Å². The van der Waals surface area contributed by atoms with Gasteiger partial charge in [0.25, 0.3) is 0 Å². The Kier molecular flexibility index (Phi) is 4.05. The minimum Gasteiger partial charge on any atom is -0.327 e. The van der Waals surface area contributed by atoms with Gasteiger partial charge in [-0.15, -0.1) is 0 Å². The second-order valence-corrected chi connectivity index (χ2v) is 6.33. The number of hydrogen-bond acceptors (Lipinski definition) is 3. The maximum Gasteiger partial charge on any atom is 0.0839 e. The van der Waals surface area contributed by atoms with Crippen molar-refractivity contribution >= 4 is 0 Å². The third kappa shape index (κ3) is 2.72. The van der Waals surface area contributed by atoms with E-state index in [2.05, 4.69) is 23.1 Å². The van der Waals surface area contributed by atoms with E-state index in [1.807, 2.05) is 18.2 Å². The minimum absolute atomic E-state index is 0.0208.